The van der Waals surface area contributed by atoms with Gasteiger partial charge in [0.05, 0.1) is 7.11 Å². The predicted molar refractivity (Wildman–Crippen MR) is 87.0 cm³/mol. The summed E-state index contributed by atoms with van der Waals surface area (Å²) in [6.45, 7) is 0.972. The van der Waals surface area contributed by atoms with Gasteiger partial charge in [-0.3, -0.25) is 0 Å². The molecule has 0 amide bonds. The number of nitrogens with two attached hydrogens (primary N) is 1. The van der Waals surface area contributed by atoms with E-state index in [1.807, 2.05) is 18.2 Å². The summed E-state index contributed by atoms with van der Waals surface area (Å²) >= 11 is 1.74. The zero-order valence-electron chi connectivity index (χ0n) is 11.8. The molecule has 108 valence electrons. The van der Waals surface area contributed by atoms with Crippen molar-refractivity contribution < 1.29 is 9.47 Å². The van der Waals surface area contributed by atoms with Gasteiger partial charge in [0.1, 0.15) is 18.1 Å². The number of rotatable bonds is 5. The van der Waals surface area contributed by atoms with E-state index in [-0.39, 0.29) is 0 Å². The molecule has 0 atom stereocenters. The fraction of sp³-hybridized carbons (Fsp3) is 0.176. The molecule has 0 radical (unpaired) electrons. The van der Waals surface area contributed by atoms with Gasteiger partial charge < -0.3 is 15.2 Å². The molecule has 0 aliphatic heterocycles. The van der Waals surface area contributed by atoms with Gasteiger partial charge in [-0.1, -0.05) is 18.2 Å². The van der Waals surface area contributed by atoms with Crippen LogP contribution in [0.15, 0.2) is 47.8 Å². The molecule has 0 fully saturated rings. The van der Waals surface area contributed by atoms with Gasteiger partial charge in [0, 0.05) is 22.4 Å². The largest absolute Gasteiger partial charge is 0.497 e. The van der Waals surface area contributed by atoms with E-state index in [0.717, 1.165) is 17.1 Å². The second-order valence-electron chi connectivity index (χ2n) is 4.72. The van der Waals surface area contributed by atoms with Crippen molar-refractivity contribution in [3.63, 3.8) is 0 Å². The van der Waals surface area contributed by atoms with Crippen molar-refractivity contribution in [2.75, 3.05) is 7.11 Å². The number of thiophene rings is 1. The molecule has 0 aliphatic carbocycles. The summed E-state index contributed by atoms with van der Waals surface area (Å²) in [7, 11) is 1.65. The van der Waals surface area contributed by atoms with E-state index in [4.69, 9.17) is 15.2 Å². The van der Waals surface area contributed by atoms with Crippen LogP contribution in [0.1, 0.15) is 11.1 Å². The topological polar surface area (TPSA) is 44.5 Å². The van der Waals surface area contributed by atoms with Crippen molar-refractivity contribution in [2.24, 2.45) is 5.73 Å². The highest BCUT2D eigenvalue weighted by Crippen LogP contribution is 2.28. The number of fused-ring (bicyclic) bond motifs is 1. The lowest BCUT2D eigenvalue weighted by molar-refractivity contribution is 0.304. The normalized spacial score (nSPS) is 10.8. The molecule has 3 aromatic rings. The summed E-state index contributed by atoms with van der Waals surface area (Å²) in [4.78, 5) is 0. The van der Waals surface area contributed by atoms with Crippen LogP contribution in [-0.4, -0.2) is 7.11 Å². The molecule has 4 heteroatoms. The van der Waals surface area contributed by atoms with E-state index >= 15 is 0 Å². The van der Waals surface area contributed by atoms with Crippen LogP contribution in [0.3, 0.4) is 0 Å². The molecule has 2 N–H and O–H groups in total. The minimum absolute atomic E-state index is 0.427. The molecule has 0 saturated heterocycles. The van der Waals surface area contributed by atoms with E-state index in [1.165, 1.54) is 15.6 Å². The van der Waals surface area contributed by atoms with Crippen molar-refractivity contribution in [2.45, 2.75) is 13.2 Å². The Hall–Kier alpha value is -2.04. The standard InChI is InChI=1S/C17H17NO2S/c1-19-14-6-7-16(12(8-14)9-18)20-10-13-11-21-17-5-3-2-4-15(13)17/h2-8,11H,9-10,18H2,1H3. The number of methoxy groups -OCH3 is 1. The van der Waals surface area contributed by atoms with Crippen LogP contribution in [0.25, 0.3) is 10.1 Å². The average Bonchev–Trinajstić information content (AvgIpc) is 2.96. The summed E-state index contributed by atoms with van der Waals surface area (Å²) in [6.07, 6.45) is 0. The first-order valence-electron chi connectivity index (χ1n) is 6.76. The van der Waals surface area contributed by atoms with E-state index in [9.17, 15) is 0 Å². The van der Waals surface area contributed by atoms with Crippen LogP contribution in [-0.2, 0) is 13.2 Å². The lowest BCUT2D eigenvalue weighted by Gasteiger charge is -2.11. The lowest BCUT2D eigenvalue weighted by Crippen LogP contribution is -2.03. The second-order valence-corrected chi connectivity index (χ2v) is 5.63. The Bertz CT molecular complexity index is 751. The molecule has 0 spiro atoms. The van der Waals surface area contributed by atoms with Crippen LogP contribution >= 0.6 is 11.3 Å². The Labute approximate surface area is 127 Å². The maximum Gasteiger partial charge on any atom is 0.124 e. The SMILES string of the molecule is COc1ccc(OCc2csc3ccccc23)c(CN)c1. The minimum Gasteiger partial charge on any atom is -0.497 e. The fourth-order valence-corrected chi connectivity index (χ4v) is 3.23. The number of hydrogen-bond donors (Lipinski definition) is 1. The van der Waals surface area contributed by atoms with E-state index in [1.54, 1.807) is 18.4 Å². The molecule has 3 rings (SSSR count). The summed E-state index contributed by atoms with van der Waals surface area (Å²) in [5.74, 6) is 1.61. The second kappa shape index (κ2) is 6.16. The Balaban J connectivity index is 1.81. The summed E-state index contributed by atoms with van der Waals surface area (Å²) in [6, 6.07) is 14.1. The zero-order chi connectivity index (χ0) is 14.7. The Morgan fingerprint density at radius 1 is 1.10 bits per heavy atom. The highest BCUT2D eigenvalue weighted by atomic mass is 32.1. The molecule has 21 heavy (non-hydrogen) atoms. The van der Waals surface area contributed by atoms with Crippen LogP contribution < -0.4 is 15.2 Å². The monoisotopic (exact) mass is 299 g/mol. The molecule has 0 aliphatic rings. The van der Waals surface area contributed by atoms with Gasteiger partial charge in [-0.25, -0.2) is 0 Å². The number of hydrogen-bond acceptors (Lipinski definition) is 4. The van der Waals surface area contributed by atoms with Gasteiger partial charge in [-0.2, -0.15) is 0 Å². The molecule has 0 bridgehead atoms. The van der Waals surface area contributed by atoms with Crippen molar-refractivity contribution in [1.29, 1.82) is 0 Å². The molecule has 1 aromatic heterocycles. The van der Waals surface area contributed by atoms with E-state index < -0.39 is 0 Å². The maximum atomic E-state index is 5.95. The minimum atomic E-state index is 0.427. The van der Waals surface area contributed by atoms with Gasteiger partial charge in [-0.15, -0.1) is 11.3 Å². The third-order valence-electron chi connectivity index (χ3n) is 3.43. The molecule has 0 saturated carbocycles. The quantitative estimate of drug-likeness (QED) is 0.776. The zero-order valence-corrected chi connectivity index (χ0v) is 12.7. The van der Waals surface area contributed by atoms with Gasteiger partial charge in [-0.05, 0) is 35.0 Å². The third-order valence-corrected chi connectivity index (χ3v) is 4.44. The summed E-state index contributed by atoms with van der Waals surface area (Å²) < 4.78 is 12.4. The predicted octanol–water partition coefficient (Wildman–Crippen LogP) is 3.95. The fourth-order valence-electron chi connectivity index (χ4n) is 2.28. The van der Waals surface area contributed by atoms with E-state index in [2.05, 4.69) is 29.6 Å². The molecule has 0 unspecified atom stereocenters. The lowest BCUT2D eigenvalue weighted by atomic mass is 10.1. The van der Waals surface area contributed by atoms with Crippen LogP contribution in [0.5, 0.6) is 11.5 Å². The third kappa shape index (κ3) is 2.86. The van der Waals surface area contributed by atoms with Crippen LogP contribution in [0, 0.1) is 0 Å². The number of ether oxygens (including phenoxy) is 2. The Morgan fingerprint density at radius 3 is 2.76 bits per heavy atom. The first-order valence-corrected chi connectivity index (χ1v) is 7.64. The van der Waals surface area contributed by atoms with Crippen LogP contribution in [0.2, 0.25) is 0 Å². The average molecular weight is 299 g/mol. The molecule has 2 aromatic carbocycles. The molecule has 3 nitrogen and oxygen atoms in total. The first kappa shape index (κ1) is 13.9. The van der Waals surface area contributed by atoms with Gasteiger partial charge in [0.15, 0.2) is 0 Å². The highest BCUT2D eigenvalue weighted by Gasteiger charge is 2.07. The molecular weight excluding hydrogens is 282 g/mol. The van der Waals surface area contributed by atoms with Gasteiger partial charge >= 0.3 is 0 Å². The first-order chi connectivity index (χ1) is 10.3. The smallest absolute Gasteiger partial charge is 0.124 e. The van der Waals surface area contributed by atoms with Crippen LogP contribution in [0.4, 0.5) is 0 Å². The molecular formula is C17H17NO2S. The van der Waals surface area contributed by atoms with Gasteiger partial charge in [0.25, 0.3) is 0 Å². The summed E-state index contributed by atoms with van der Waals surface area (Å²) in [5.41, 5.74) is 7.94. The van der Waals surface area contributed by atoms with E-state index in [0.29, 0.717) is 13.2 Å². The van der Waals surface area contributed by atoms with Crippen molar-refractivity contribution in [3.8, 4) is 11.5 Å². The summed E-state index contributed by atoms with van der Waals surface area (Å²) in [5, 5.41) is 3.40. The van der Waals surface area contributed by atoms with Crippen molar-refractivity contribution in [3.05, 3.63) is 59.0 Å². The maximum absolute atomic E-state index is 5.95. The highest BCUT2D eigenvalue weighted by molar-refractivity contribution is 7.17. The molecule has 1 heterocycles. The van der Waals surface area contributed by atoms with Crippen molar-refractivity contribution >= 4 is 21.4 Å². The van der Waals surface area contributed by atoms with Gasteiger partial charge in [0.2, 0.25) is 0 Å². The Morgan fingerprint density at radius 2 is 1.95 bits per heavy atom. The van der Waals surface area contributed by atoms with Crippen molar-refractivity contribution in [1.82, 2.24) is 0 Å². The Kier molecular flexibility index (Phi) is 4.08. The number of benzene rings is 2.